The Morgan fingerprint density at radius 1 is 0.583 bits per heavy atom. The maximum absolute atomic E-state index is 13.1. The number of hydrogen-bond donors (Lipinski definition) is 0. The van der Waals surface area contributed by atoms with Gasteiger partial charge in [0.2, 0.25) is 0 Å². The van der Waals surface area contributed by atoms with Gasteiger partial charge < -0.3 is 0 Å². The Balaban J connectivity index is 1.94. The molecule has 0 bridgehead atoms. The average molecular weight is 446 g/mol. The fourth-order valence-electron chi connectivity index (χ4n) is 2.39. The van der Waals surface area contributed by atoms with Gasteiger partial charge in [0.15, 0.2) is 0 Å². The summed E-state index contributed by atoms with van der Waals surface area (Å²) in [6.45, 7) is 3.58. The number of rotatable bonds is 4. The second-order valence-electron chi connectivity index (χ2n) is 5.40. The Labute approximate surface area is 154 Å². The van der Waals surface area contributed by atoms with Crippen molar-refractivity contribution in [1.29, 1.82) is 0 Å². The first-order valence-electron chi connectivity index (χ1n) is 7.55. The standard InChI is InChI=1S/C20H16O2Se2/c1-13-17(21)14(2)20(24-16-11-7-4-8-12-16)18(22)19(13)23-15-9-5-3-6-10-15/h3-12H,1-2H3. The fraction of sp³-hybridized carbons (Fsp3) is 0.100. The van der Waals surface area contributed by atoms with Crippen LogP contribution in [0, 0.1) is 0 Å². The molecule has 0 aromatic heterocycles. The first-order chi connectivity index (χ1) is 11.6. The van der Waals surface area contributed by atoms with Gasteiger partial charge >= 0.3 is 155 Å². The van der Waals surface area contributed by atoms with Gasteiger partial charge in [0.05, 0.1) is 0 Å². The van der Waals surface area contributed by atoms with Crippen molar-refractivity contribution >= 4 is 50.4 Å². The summed E-state index contributed by atoms with van der Waals surface area (Å²) in [5.74, 6) is 0.0903. The topological polar surface area (TPSA) is 34.1 Å². The van der Waals surface area contributed by atoms with Gasteiger partial charge in [0, 0.05) is 0 Å². The van der Waals surface area contributed by atoms with E-state index in [1.807, 2.05) is 60.7 Å². The van der Waals surface area contributed by atoms with Crippen LogP contribution in [-0.4, -0.2) is 41.5 Å². The van der Waals surface area contributed by atoms with E-state index in [1.165, 1.54) is 0 Å². The Morgan fingerprint density at radius 2 is 0.958 bits per heavy atom. The molecule has 24 heavy (non-hydrogen) atoms. The zero-order valence-corrected chi connectivity index (χ0v) is 16.8. The molecule has 0 atom stereocenters. The van der Waals surface area contributed by atoms with Crippen molar-refractivity contribution in [2.45, 2.75) is 13.8 Å². The molecular formula is C20H16O2Se2. The molecule has 0 spiro atoms. The van der Waals surface area contributed by atoms with Gasteiger partial charge in [-0.15, -0.1) is 0 Å². The summed E-state index contributed by atoms with van der Waals surface area (Å²) in [5.41, 5.74) is 1.24. The van der Waals surface area contributed by atoms with E-state index in [0.29, 0.717) is 20.1 Å². The van der Waals surface area contributed by atoms with E-state index < -0.39 is 0 Å². The van der Waals surface area contributed by atoms with Crippen LogP contribution in [0.4, 0.5) is 0 Å². The quantitative estimate of drug-likeness (QED) is 0.530. The molecule has 120 valence electrons. The molecule has 0 heterocycles. The van der Waals surface area contributed by atoms with E-state index in [2.05, 4.69) is 0 Å². The molecule has 0 amide bonds. The van der Waals surface area contributed by atoms with Crippen LogP contribution in [0.1, 0.15) is 13.8 Å². The minimum atomic E-state index is -0.142. The van der Waals surface area contributed by atoms with Crippen molar-refractivity contribution < 1.29 is 9.59 Å². The van der Waals surface area contributed by atoms with E-state index in [0.717, 1.165) is 8.92 Å². The number of ketones is 2. The first kappa shape index (κ1) is 17.1. The SMILES string of the molecule is CC1=C([Se]c2ccccc2)C(=O)C([Se]c2ccccc2)=C(C)C1=O. The van der Waals surface area contributed by atoms with Crippen LogP contribution in [0.5, 0.6) is 0 Å². The van der Waals surface area contributed by atoms with E-state index in [9.17, 15) is 9.59 Å². The third-order valence-electron chi connectivity index (χ3n) is 3.70. The van der Waals surface area contributed by atoms with Crippen LogP contribution in [-0.2, 0) is 9.59 Å². The maximum atomic E-state index is 13.1. The number of hydrogen-bond acceptors (Lipinski definition) is 2. The Hall–Kier alpha value is -1.70. The molecule has 2 nitrogen and oxygen atoms in total. The number of Topliss-reactive ketones (excluding diaryl/α,β-unsaturated/α-hetero) is 2. The van der Waals surface area contributed by atoms with Gasteiger partial charge in [-0.1, -0.05) is 0 Å². The molecule has 3 rings (SSSR count). The summed E-state index contributed by atoms with van der Waals surface area (Å²) in [7, 11) is 0. The monoisotopic (exact) mass is 448 g/mol. The van der Waals surface area contributed by atoms with E-state index in [1.54, 1.807) is 13.8 Å². The van der Waals surface area contributed by atoms with Gasteiger partial charge in [0.1, 0.15) is 0 Å². The fourth-order valence-corrected chi connectivity index (χ4v) is 6.79. The summed E-state index contributed by atoms with van der Waals surface area (Å²) in [6, 6.07) is 19.9. The van der Waals surface area contributed by atoms with Gasteiger partial charge in [-0.3, -0.25) is 0 Å². The number of allylic oxidation sites excluding steroid dienone is 4. The van der Waals surface area contributed by atoms with Gasteiger partial charge in [0.25, 0.3) is 0 Å². The normalized spacial score (nSPS) is 15.2. The van der Waals surface area contributed by atoms with Crippen molar-refractivity contribution in [3.63, 3.8) is 0 Å². The van der Waals surface area contributed by atoms with Crippen molar-refractivity contribution in [1.82, 2.24) is 0 Å². The molecule has 0 fully saturated rings. The molecule has 0 aliphatic heterocycles. The summed E-state index contributed by atoms with van der Waals surface area (Å²) >= 11 is -0.284. The molecule has 0 unspecified atom stereocenters. The zero-order valence-electron chi connectivity index (χ0n) is 13.4. The zero-order chi connectivity index (χ0) is 17.1. The second kappa shape index (κ2) is 7.46. The van der Waals surface area contributed by atoms with Gasteiger partial charge in [-0.05, 0) is 0 Å². The van der Waals surface area contributed by atoms with Crippen molar-refractivity contribution in [2.24, 2.45) is 0 Å². The summed E-state index contributed by atoms with van der Waals surface area (Å²) < 4.78 is 3.65. The molecule has 4 heteroatoms. The summed E-state index contributed by atoms with van der Waals surface area (Å²) in [5, 5.41) is 0. The minimum absolute atomic E-state index is 0.0233. The second-order valence-corrected chi connectivity index (χ2v) is 9.94. The van der Waals surface area contributed by atoms with E-state index in [-0.39, 0.29) is 41.5 Å². The van der Waals surface area contributed by atoms with Crippen molar-refractivity contribution in [2.75, 3.05) is 0 Å². The van der Waals surface area contributed by atoms with Crippen LogP contribution < -0.4 is 8.92 Å². The predicted octanol–water partition coefficient (Wildman–Crippen LogP) is 1.75. The molecule has 0 saturated carbocycles. The average Bonchev–Trinajstić information content (AvgIpc) is 2.62. The number of carbonyl (C=O) groups excluding carboxylic acids is 2. The molecule has 1 aliphatic rings. The Bertz CT molecular complexity index is 780. The Kier molecular flexibility index (Phi) is 5.33. The van der Waals surface area contributed by atoms with Crippen LogP contribution in [0.3, 0.4) is 0 Å². The van der Waals surface area contributed by atoms with Crippen LogP contribution in [0.25, 0.3) is 0 Å². The third kappa shape index (κ3) is 3.53. The molecule has 2 aromatic rings. The van der Waals surface area contributed by atoms with Crippen molar-refractivity contribution in [3.8, 4) is 0 Å². The summed E-state index contributed by atoms with van der Waals surface area (Å²) in [4.78, 5) is 25.7. The van der Waals surface area contributed by atoms with Crippen LogP contribution in [0.15, 0.2) is 80.8 Å². The third-order valence-corrected chi connectivity index (χ3v) is 8.75. The van der Waals surface area contributed by atoms with E-state index >= 15 is 0 Å². The predicted molar refractivity (Wildman–Crippen MR) is 99.1 cm³/mol. The molecule has 2 aromatic carbocycles. The van der Waals surface area contributed by atoms with Gasteiger partial charge in [-0.25, -0.2) is 0 Å². The van der Waals surface area contributed by atoms with Crippen LogP contribution in [0.2, 0.25) is 0 Å². The molecule has 0 saturated heterocycles. The number of benzene rings is 2. The molecule has 0 radical (unpaired) electrons. The van der Waals surface area contributed by atoms with Crippen LogP contribution >= 0.6 is 0 Å². The first-order valence-corrected chi connectivity index (χ1v) is 11.0. The molecule has 0 N–H and O–H groups in total. The van der Waals surface area contributed by atoms with Crippen molar-refractivity contribution in [3.05, 3.63) is 80.8 Å². The molecular weight excluding hydrogens is 430 g/mol. The van der Waals surface area contributed by atoms with Gasteiger partial charge in [-0.2, -0.15) is 0 Å². The molecule has 1 aliphatic carbocycles. The summed E-state index contributed by atoms with van der Waals surface area (Å²) in [6.07, 6.45) is 0. The van der Waals surface area contributed by atoms with E-state index in [4.69, 9.17) is 0 Å². The Morgan fingerprint density at radius 3 is 1.33 bits per heavy atom. The number of carbonyl (C=O) groups is 2.